The molecule has 4 heterocycles. The van der Waals surface area contributed by atoms with Crippen LogP contribution in [-0.4, -0.2) is 51.2 Å². The van der Waals surface area contributed by atoms with Crippen molar-refractivity contribution in [2.45, 2.75) is 25.7 Å². The van der Waals surface area contributed by atoms with E-state index >= 15 is 0 Å². The van der Waals surface area contributed by atoms with E-state index in [9.17, 15) is 9.59 Å². The van der Waals surface area contributed by atoms with Gasteiger partial charge in [-0.15, -0.1) is 0 Å². The first-order valence-corrected chi connectivity index (χ1v) is 11.6. The first kappa shape index (κ1) is 20.5. The van der Waals surface area contributed by atoms with Crippen molar-refractivity contribution in [2.75, 3.05) is 25.0 Å². The number of amides is 2. The molecule has 6 rings (SSSR count). The van der Waals surface area contributed by atoms with E-state index in [1.807, 2.05) is 60.6 Å². The number of rotatable bonds is 5. The Hall–Kier alpha value is -4.07. The standard InChI is InChI=1S/C26H26N6O2/c1-29-21-9-4-3-8-20(21)26(34)31-15-11-19-18-7-2-5-10-22(18)32(24(19)25(29)31)17-23(33)27-13-16-30-14-6-12-28-30/h2-10,12,14,25H,11,13,15-17H2,1H3,(H,27,33)/t25-/m1/s1. The van der Waals surface area contributed by atoms with E-state index in [0.29, 0.717) is 19.6 Å². The van der Waals surface area contributed by atoms with Gasteiger partial charge in [-0.05, 0) is 36.2 Å². The third kappa shape index (κ3) is 3.17. The highest BCUT2D eigenvalue weighted by atomic mass is 16.2. The van der Waals surface area contributed by atoms with Crippen LogP contribution in [0.3, 0.4) is 0 Å². The van der Waals surface area contributed by atoms with Crippen molar-refractivity contribution in [3.8, 4) is 0 Å². The lowest BCUT2D eigenvalue weighted by atomic mass is 9.96. The van der Waals surface area contributed by atoms with Crippen molar-refractivity contribution < 1.29 is 9.59 Å². The van der Waals surface area contributed by atoms with Crippen molar-refractivity contribution in [3.63, 3.8) is 0 Å². The second-order valence-corrected chi connectivity index (χ2v) is 8.84. The first-order valence-electron chi connectivity index (χ1n) is 11.6. The van der Waals surface area contributed by atoms with Crippen molar-refractivity contribution in [1.29, 1.82) is 0 Å². The average molecular weight is 455 g/mol. The lowest BCUT2D eigenvalue weighted by molar-refractivity contribution is -0.121. The van der Waals surface area contributed by atoms with E-state index < -0.39 is 0 Å². The molecule has 172 valence electrons. The Morgan fingerprint density at radius 3 is 2.79 bits per heavy atom. The van der Waals surface area contributed by atoms with E-state index in [1.165, 1.54) is 5.56 Å². The molecule has 34 heavy (non-hydrogen) atoms. The summed E-state index contributed by atoms with van der Waals surface area (Å²) in [4.78, 5) is 30.5. The van der Waals surface area contributed by atoms with Gasteiger partial charge in [-0.1, -0.05) is 30.3 Å². The molecule has 8 heteroatoms. The predicted octanol–water partition coefficient (Wildman–Crippen LogP) is 2.80. The number of carbonyl (C=O) groups excluding carboxylic acids is 2. The number of hydrogen-bond acceptors (Lipinski definition) is 4. The molecule has 1 atom stereocenters. The van der Waals surface area contributed by atoms with E-state index in [-0.39, 0.29) is 24.5 Å². The van der Waals surface area contributed by atoms with Crippen molar-refractivity contribution in [1.82, 2.24) is 24.6 Å². The third-order valence-electron chi connectivity index (χ3n) is 6.93. The second-order valence-electron chi connectivity index (χ2n) is 8.84. The maximum absolute atomic E-state index is 13.4. The lowest BCUT2D eigenvalue weighted by Gasteiger charge is -2.46. The molecule has 0 radical (unpaired) electrons. The highest BCUT2D eigenvalue weighted by molar-refractivity contribution is 6.02. The fourth-order valence-corrected chi connectivity index (χ4v) is 5.42. The van der Waals surface area contributed by atoms with Crippen LogP contribution in [0.4, 0.5) is 5.69 Å². The van der Waals surface area contributed by atoms with Gasteiger partial charge in [-0.25, -0.2) is 0 Å². The van der Waals surface area contributed by atoms with Crippen LogP contribution in [0.2, 0.25) is 0 Å². The molecular formula is C26H26N6O2. The minimum atomic E-state index is -0.254. The average Bonchev–Trinajstić information content (AvgIpc) is 3.49. The van der Waals surface area contributed by atoms with Gasteiger partial charge in [0.15, 0.2) is 0 Å². The third-order valence-corrected chi connectivity index (χ3v) is 6.93. The zero-order valence-corrected chi connectivity index (χ0v) is 19.0. The van der Waals surface area contributed by atoms with Crippen LogP contribution >= 0.6 is 0 Å². The molecule has 0 bridgehead atoms. The van der Waals surface area contributed by atoms with Gasteiger partial charge in [-0.2, -0.15) is 5.10 Å². The summed E-state index contributed by atoms with van der Waals surface area (Å²) in [6, 6.07) is 17.8. The number of fused-ring (bicyclic) bond motifs is 6. The fourth-order valence-electron chi connectivity index (χ4n) is 5.42. The summed E-state index contributed by atoms with van der Waals surface area (Å²) in [5, 5.41) is 8.36. The molecule has 0 spiro atoms. The number of nitrogens with zero attached hydrogens (tertiary/aromatic N) is 5. The van der Waals surface area contributed by atoms with E-state index in [1.54, 1.807) is 10.9 Å². The van der Waals surface area contributed by atoms with E-state index in [4.69, 9.17) is 0 Å². The molecule has 0 saturated carbocycles. The minimum Gasteiger partial charge on any atom is -0.353 e. The summed E-state index contributed by atoms with van der Waals surface area (Å²) in [5.41, 5.74) is 4.92. The molecule has 0 fully saturated rings. The summed E-state index contributed by atoms with van der Waals surface area (Å²) in [5.74, 6) is -0.0112. The predicted molar refractivity (Wildman–Crippen MR) is 130 cm³/mol. The largest absolute Gasteiger partial charge is 0.353 e. The molecule has 1 N–H and O–H groups in total. The number of hydrogen-bond donors (Lipinski definition) is 1. The number of aromatic nitrogens is 3. The Kier molecular flexibility index (Phi) is 4.86. The van der Waals surface area contributed by atoms with Gasteiger partial charge < -0.3 is 19.7 Å². The van der Waals surface area contributed by atoms with E-state index in [2.05, 4.69) is 32.0 Å². The Balaban J connectivity index is 1.38. The lowest BCUT2D eigenvalue weighted by Crippen LogP contribution is -2.51. The van der Waals surface area contributed by atoms with Crippen LogP contribution in [-0.2, 0) is 24.3 Å². The van der Waals surface area contributed by atoms with Gasteiger partial charge in [0.25, 0.3) is 5.91 Å². The molecule has 2 aliphatic rings. The number of anilines is 1. The molecule has 2 aromatic carbocycles. The summed E-state index contributed by atoms with van der Waals surface area (Å²) >= 11 is 0. The van der Waals surface area contributed by atoms with Crippen molar-refractivity contribution in [2.24, 2.45) is 0 Å². The van der Waals surface area contributed by atoms with Crippen LogP contribution in [0.5, 0.6) is 0 Å². The van der Waals surface area contributed by atoms with Crippen molar-refractivity contribution in [3.05, 3.63) is 83.8 Å². The van der Waals surface area contributed by atoms with Crippen LogP contribution in [0.1, 0.15) is 27.8 Å². The van der Waals surface area contributed by atoms with Crippen LogP contribution in [0.15, 0.2) is 67.0 Å². The number of para-hydroxylation sites is 2. The highest BCUT2D eigenvalue weighted by Gasteiger charge is 2.42. The number of nitrogens with one attached hydrogen (secondary N) is 1. The Labute approximate surface area is 197 Å². The molecule has 2 amide bonds. The molecule has 2 aromatic heterocycles. The monoisotopic (exact) mass is 454 g/mol. The molecule has 0 aliphatic carbocycles. The topological polar surface area (TPSA) is 75.4 Å². The Morgan fingerprint density at radius 1 is 1.12 bits per heavy atom. The maximum atomic E-state index is 13.4. The zero-order valence-electron chi connectivity index (χ0n) is 19.0. The van der Waals surface area contributed by atoms with Gasteiger partial charge in [0, 0.05) is 43.4 Å². The summed E-state index contributed by atoms with van der Waals surface area (Å²) < 4.78 is 3.90. The van der Waals surface area contributed by atoms with Crippen LogP contribution < -0.4 is 10.2 Å². The second kappa shape index (κ2) is 8.06. The highest BCUT2D eigenvalue weighted by Crippen LogP contribution is 2.44. The smallest absolute Gasteiger partial charge is 0.257 e. The van der Waals surface area contributed by atoms with Crippen molar-refractivity contribution >= 4 is 28.4 Å². The molecule has 4 aromatic rings. The maximum Gasteiger partial charge on any atom is 0.257 e. The molecule has 0 saturated heterocycles. The SMILES string of the molecule is CN1c2ccccc2C(=O)N2CCc3c(n(CC(=O)NCCn4cccn4)c4ccccc34)[C@@H]21. The zero-order chi connectivity index (χ0) is 23.2. The van der Waals surface area contributed by atoms with Gasteiger partial charge >= 0.3 is 0 Å². The number of carbonyl (C=O) groups is 2. The summed E-state index contributed by atoms with van der Waals surface area (Å²) in [6.07, 6.45) is 4.12. The Bertz CT molecular complexity index is 1390. The fraction of sp³-hybridized carbons (Fsp3) is 0.269. The summed E-state index contributed by atoms with van der Waals surface area (Å²) in [7, 11) is 2.03. The Morgan fingerprint density at radius 2 is 1.94 bits per heavy atom. The van der Waals surface area contributed by atoms with E-state index in [0.717, 1.165) is 34.3 Å². The molecule has 2 aliphatic heterocycles. The minimum absolute atomic E-state index is 0.0461. The summed E-state index contributed by atoms with van der Waals surface area (Å²) in [6.45, 7) is 1.97. The molecule has 0 unspecified atom stereocenters. The number of benzene rings is 2. The normalized spacial score (nSPS) is 16.9. The first-order chi connectivity index (χ1) is 16.6. The molecule has 8 nitrogen and oxygen atoms in total. The van der Waals surface area contributed by atoms with Gasteiger partial charge in [0.2, 0.25) is 5.91 Å². The van der Waals surface area contributed by atoms with Gasteiger partial charge in [-0.3, -0.25) is 14.3 Å². The molecular weight excluding hydrogens is 428 g/mol. The quantitative estimate of drug-likeness (QED) is 0.503. The van der Waals surface area contributed by atoms with Gasteiger partial charge in [0.05, 0.1) is 23.5 Å². The van der Waals surface area contributed by atoms with Crippen LogP contribution in [0, 0.1) is 0 Å². The van der Waals surface area contributed by atoms with Crippen LogP contribution in [0.25, 0.3) is 10.9 Å². The van der Waals surface area contributed by atoms with Gasteiger partial charge in [0.1, 0.15) is 12.7 Å².